The maximum Gasteiger partial charge on any atom is 0.320 e. The van der Waals surface area contributed by atoms with Crippen LogP contribution in [0.25, 0.3) is 0 Å². The number of hydrogen-bond donors (Lipinski definition) is 1. The molecule has 3 atom stereocenters. The number of carbonyl (C=O) groups is 2. The number of urea groups is 1. The van der Waals surface area contributed by atoms with Crippen LogP contribution in [-0.2, 0) is 4.79 Å². The SMILES string of the molecule is CC(CN(C)C(=O)N1CC2CCCN2CC1C)C(=O)O. The fourth-order valence-corrected chi connectivity index (χ4v) is 3.24. The third kappa shape index (κ3) is 3.06. The lowest BCUT2D eigenvalue weighted by molar-refractivity contribution is -0.141. The van der Waals surface area contributed by atoms with Gasteiger partial charge in [-0.3, -0.25) is 9.69 Å². The summed E-state index contributed by atoms with van der Waals surface area (Å²) in [6.07, 6.45) is 2.37. The molecule has 2 rings (SSSR count). The summed E-state index contributed by atoms with van der Waals surface area (Å²) >= 11 is 0. The number of fused-ring (bicyclic) bond motifs is 1. The number of aliphatic carboxylic acids is 1. The zero-order chi connectivity index (χ0) is 14.9. The first kappa shape index (κ1) is 15.1. The Hall–Kier alpha value is -1.30. The molecule has 6 nitrogen and oxygen atoms in total. The number of amides is 2. The molecule has 2 amide bonds. The van der Waals surface area contributed by atoms with Crippen molar-refractivity contribution < 1.29 is 14.7 Å². The molecule has 0 aromatic rings. The molecule has 2 aliphatic rings. The van der Waals surface area contributed by atoms with Crippen LogP contribution in [-0.4, -0.2) is 77.1 Å². The molecule has 2 fully saturated rings. The Morgan fingerprint density at radius 3 is 2.75 bits per heavy atom. The number of carbonyl (C=O) groups excluding carboxylic acids is 1. The highest BCUT2D eigenvalue weighted by molar-refractivity contribution is 5.76. The van der Waals surface area contributed by atoms with E-state index in [0.717, 1.165) is 26.1 Å². The van der Waals surface area contributed by atoms with E-state index in [0.29, 0.717) is 6.04 Å². The Labute approximate surface area is 120 Å². The second-order valence-electron chi connectivity index (χ2n) is 6.19. The predicted molar refractivity (Wildman–Crippen MR) is 75.6 cm³/mol. The Balaban J connectivity index is 1.95. The Bertz CT molecular complexity index is 388. The summed E-state index contributed by atoms with van der Waals surface area (Å²) in [6.45, 7) is 6.80. The van der Waals surface area contributed by atoms with Gasteiger partial charge in [0.05, 0.1) is 5.92 Å². The molecule has 0 aromatic carbocycles. The van der Waals surface area contributed by atoms with Gasteiger partial charge in [0.2, 0.25) is 0 Å². The Kier molecular flexibility index (Phi) is 4.52. The smallest absolute Gasteiger partial charge is 0.320 e. The predicted octanol–water partition coefficient (Wildman–Crippen LogP) is 0.927. The fraction of sp³-hybridized carbons (Fsp3) is 0.857. The largest absolute Gasteiger partial charge is 0.481 e. The van der Waals surface area contributed by atoms with Crippen LogP contribution >= 0.6 is 0 Å². The van der Waals surface area contributed by atoms with Crippen molar-refractivity contribution in [1.82, 2.24) is 14.7 Å². The average Bonchev–Trinajstić information content (AvgIpc) is 2.83. The van der Waals surface area contributed by atoms with Gasteiger partial charge in [-0.1, -0.05) is 6.92 Å². The molecule has 2 aliphatic heterocycles. The van der Waals surface area contributed by atoms with Crippen LogP contribution in [0.4, 0.5) is 4.79 Å². The van der Waals surface area contributed by atoms with Crippen LogP contribution in [0.15, 0.2) is 0 Å². The average molecular weight is 283 g/mol. The second kappa shape index (κ2) is 5.99. The highest BCUT2D eigenvalue weighted by Gasteiger charge is 2.37. The van der Waals surface area contributed by atoms with Crippen molar-refractivity contribution in [3.63, 3.8) is 0 Å². The lowest BCUT2D eigenvalue weighted by Gasteiger charge is -2.43. The number of rotatable bonds is 3. The van der Waals surface area contributed by atoms with Gasteiger partial charge >= 0.3 is 12.0 Å². The summed E-state index contributed by atoms with van der Waals surface area (Å²) in [5.74, 6) is -1.40. The summed E-state index contributed by atoms with van der Waals surface area (Å²) in [4.78, 5) is 29.3. The molecule has 2 heterocycles. The van der Waals surface area contributed by atoms with Crippen molar-refractivity contribution >= 4 is 12.0 Å². The first-order chi connectivity index (χ1) is 9.40. The number of carboxylic acids is 1. The molecule has 0 radical (unpaired) electrons. The molecule has 0 bridgehead atoms. The summed E-state index contributed by atoms with van der Waals surface area (Å²) in [6, 6.07) is 0.636. The van der Waals surface area contributed by atoms with Crippen LogP contribution in [0.5, 0.6) is 0 Å². The number of hydrogen-bond acceptors (Lipinski definition) is 3. The van der Waals surface area contributed by atoms with E-state index in [-0.39, 0.29) is 18.6 Å². The second-order valence-corrected chi connectivity index (χ2v) is 6.19. The number of piperazine rings is 1. The first-order valence-electron chi connectivity index (χ1n) is 7.38. The van der Waals surface area contributed by atoms with E-state index < -0.39 is 11.9 Å². The fourth-order valence-electron chi connectivity index (χ4n) is 3.24. The minimum absolute atomic E-state index is 0.0443. The van der Waals surface area contributed by atoms with Gasteiger partial charge in [-0.05, 0) is 26.3 Å². The maximum absolute atomic E-state index is 12.5. The van der Waals surface area contributed by atoms with E-state index in [9.17, 15) is 9.59 Å². The van der Waals surface area contributed by atoms with Crippen molar-refractivity contribution in [2.45, 2.75) is 38.8 Å². The normalized spacial score (nSPS) is 28.1. The van der Waals surface area contributed by atoms with Gasteiger partial charge < -0.3 is 14.9 Å². The third-order valence-corrected chi connectivity index (χ3v) is 4.48. The zero-order valence-corrected chi connectivity index (χ0v) is 12.6. The van der Waals surface area contributed by atoms with Gasteiger partial charge in [0.1, 0.15) is 0 Å². The summed E-state index contributed by atoms with van der Waals surface area (Å²) in [5, 5.41) is 8.94. The van der Waals surface area contributed by atoms with E-state index in [4.69, 9.17) is 5.11 Å². The van der Waals surface area contributed by atoms with Gasteiger partial charge in [-0.2, -0.15) is 0 Å². The minimum Gasteiger partial charge on any atom is -0.481 e. The molecular weight excluding hydrogens is 258 g/mol. The van der Waals surface area contributed by atoms with Crippen LogP contribution in [0.1, 0.15) is 26.7 Å². The molecule has 20 heavy (non-hydrogen) atoms. The van der Waals surface area contributed by atoms with E-state index in [1.54, 1.807) is 18.9 Å². The first-order valence-corrected chi connectivity index (χ1v) is 7.38. The molecular formula is C14H25N3O3. The molecule has 0 saturated carbocycles. The summed E-state index contributed by atoms with van der Waals surface area (Å²) < 4.78 is 0. The molecule has 114 valence electrons. The minimum atomic E-state index is -0.863. The maximum atomic E-state index is 12.5. The molecule has 0 aromatic heterocycles. The highest BCUT2D eigenvalue weighted by atomic mass is 16.4. The van der Waals surface area contributed by atoms with Gasteiger partial charge in [-0.15, -0.1) is 0 Å². The van der Waals surface area contributed by atoms with E-state index in [1.807, 2.05) is 4.90 Å². The number of nitrogens with zero attached hydrogens (tertiary/aromatic N) is 3. The van der Waals surface area contributed by atoms with Crippen molar-refractivity contribution in [3.8, 4) is 0 Å². The molecule has 0 spiro atoms. The standard InChI is InChI=1S/C14H25N3O3/c1-10(13(18)19)7-15(3)14(20)17-9-12-5-4-6-16(12)8-11(17)2/h10-12H,4-9H2,1-3H3,(H,18,19). The molecule has 3 unspecified atom stereocenters. The topological polar surface area (TPSA) is 64.1 Å². The van der Waals surface area contributed by atoms with Crippen molar-refractivity contribution in [2.75, 3.05) is 33.2 Å². The zero-order valence-electron chi connectivity index (χ0n) is 12.6. The highest BCUT2D eigenvalue weighted by Crippen LogP contribution is 2.25. The van der Waals surface area contributed by atoms with Crippen molar-refractivity contribution in [3.05, 3.63) is 0 Å². The van der Waals surface area contributed by atoms with Gasteiger partial charge in [-0.25, -0.2) is 4.79 Å². The number of carboxylic acid groups (broad SMARTS) is 1. The van der Waals surface area contributed by atoms with Crippen molar-refractivity contribution in [2.24, 2.45) is 5.92 Å². The monoisotopic (exact) mass is 283 g/mol. The van der Waals surface area contributed by atoms with E-state index >= 15 is 0 Å². The lowest BCUT2D eigenvalue weighted by Crippen LogP contribution is -2.59. The lowest BCUT2D eigenvalue weighted by atomic mass is 10.1. The van der Waals surface area contributed by atoms with Crippen LogP contribution in [0.3, 0.4) is 0 Å². The van der Waals surface area contributed by atoms with Crippen LogP contribution in [0, 0.1) is 5.92 Å². The third-order valence-electron chi connectivity index (χ3n) is 4.48. The van der Waals surface area contributed by atoms with Gasteiger partial charge in [0, 0.05) is 38.8 Å². The molecule has 1 N–H and O–H groups in total. The van der Waals surface area contributed by atoms with Gasteiger partial charge in [0.25, 0.3) is 0 Å². The Morgan fingerprint density at radius 1 is 1.40 bits per heavy atom. The molecule has 2 saturated heterocycles. The Morgan fingerprint density at radius 2 is 2.10 bits per heavy atom. The molecule has 0 aliphatic carbocycles. The quantitative estimate of drug-likeness (QED) is 0.837. The summed E-state index contributed by atoms with van der Waals surface area (Å²) in [5.41, 5.74) is 0. The summed E-state index contributed by atoms with van der Waals surface area (Å²) in [7, 11) is 1.69. The van der Waals surface area contributed by atoms with E-state index in [1.165, 1.54) is 6.42 Å². The van der Waals surface area contributed by atoms with Crippen LogP contribution < -0.4 is 0 Å². The van der Waals surface area contributed by atoms with E-state index in [2.05, 4.69) is 11.8 Å². The molecule has 6 heteroatoms. The van der Waals surface area contributed by atoms with Crippen molar-refractivity contribution in [1.29, 1.82) is 0 Å². The van der Waals surface area contributed by atoms with Gasteiger partial charge in [0.15, 0.2) is 0 Å². The van der Waals surface area contributed by atoms with Crippen LogP contribution in [0.2, 0.25) is 0 Å².